The van der Waals surface area contributed by atoms with Crippen LogP contribution in [0.15, 0.2) is 67.1 Å². The largest absolute Gasteiger partial charge is 0.338 e. The van der Waals surface area contributed by atoms with Gasteiger partial charge in [0.05, 0.1) is 34.3 Å². The fraction of sp³-hybridized carbons (Fsp3) is 0.0476. The molecule has 0 radical (unpaired) electrons. The number of anilines is 5. The summed E-state index contributed by atoms with van der Waals surface area (Å²) in [4.78, 5) is 32.1. The Balaban J connectivity index is 1.66. The van der Waals surface area contributed by atoms with Gasteiger partial charge in [0.2, 0.25) is 5.95 Å². The molecule has 2 heterocycles. The first-order chi connectivity index (χ1) is 15.9. The summed E-state index contributed by atoms with van der Waals surface area (Å²) >= 11 is 6.25. The molecule has 3 N–H and O–H groups in total. The van der Waals surface area contributed by atoms with E-state index < -0.39 is 10.8 Å². The van der Waals surface area contributed by atoms with Crippen LogP contribution in [-0.4, -0.2) is 30.6 Å². The Labute approximate surface area is 192 Å². The number of nitrogens with zero attached hydrogens (tertiary/aromatic N) is 5. The third kappa shape index (κ3) is 5.22. The molecule has 0 atom stereocenters. The Bertz CT molecular complexity index is 1330. The lowest BCUT2D eigenvalue weighted by atomic mass is 10.1. The first-order valence-corrected chi connectivity index (χ1v) is 9.97. The number of rotatable bonds is 7. The number of benzene rings is 2. The quantitative estimate of drug-likeness (QED) is 0.268. The van der Waals surface area contributed by atoms with Crippen molar-refractivity contribution < 1.29 is 9.72 Å². The molecule has 0 saturated heterocycles. The Morgan fingerprint density at radius 2 is 1.88 bits per heavy atom. The molecule has 0 aliphatic rings. The van der Waals surface area contributed by atoms with E-state index in [-0.39, 0.29) is 33.7 Å². The molecule has 1 amide bonds. The average Bonchev–Trinajstić information content (AvgIpc) is 3.21. The molecular weight excluding hydrogens is 448 g/mol. The van der Waals surface area contributed by atoms with Crippen molar-refractivity contribution in [2.75, 3.05) is 16.0 Å². The lowest BCUT2D eigenvalue weighted by Crippen LogP contribution is -2.14. The topological polar surface area (TPSA) is 140 Å². The minimum Gasteiger partial charge on any atom is -0.338 e. The Morgan fingerprint density at radius 1 is 1.09 bits per heavy atom. The van der Waals surface area contributed by atoms with E-state index in [1.54, 1.807) is 48.4 Å². The van der Waals surface area contributed by atoms with Crippen molar-refractivity contribution in [3.05, 3.63) is 87.8 Å². The molecule has 2 aromatic carbocycles. The fourth-order valence-corrected chi connectivity index (χ4v) is 3.06. The van der Waals surface area contributed by atoms with E-state index in [0.29, 0.717) is 11.4 Å². The van der Waals surface area contributed by atoms with Gasteiger partial charge >= 0.3 is 0 Å². The van der Waals surface area contributed by atoms with Gasteiger partial charge in [0.1, 0.15) is 5.02 Å². The first-order valence-electron chi connectivity index (χ1n) is 9.59. The number of halogens is 1. The van der Waals surface area contributed by atoms with Gasteiger partial charge in [0, 0.05) is 31.1 Å². The number of nitro benzene ring substituents is 1. The fourth-order valence-electron chi connectivity index (χ4n) is 2.92. The lowest BCUT2D eigenvalue weighted by Gasteiger charge is -2.13. The second-order valence-corrected chi connectivity index (χ2v) is 7.26. The summed E-state index contributed by atoms with van der Waals surface area (Å²) < 4.78 is 1.61. The first kappa shape index (κ1) is 21.7. The SMILES string of the molecule is Cn1cc(Nc2ncc(Cl)c(Nc3cc([N+](=O)[O-])ccc3C(=O)Nc3ccccc3)n2)cn1. The number of para-hydroxylation sites is 1. The summed E-state index contributed by atoms with van der Waals surface area (Å²) in [5.41, 5.74) is 1.36. The van der Waals surface area contributed by atoms with Gasteiger partial charge in [-0.25, -0.2) is 4.98 Å². The summed E-state index contributed by atoms with van der Waals surface area (Å²) in [6.07, 6.45) is 4.70. The van der Waals surface area contributed by atoms with Crippen LogP contribution in [-0.2, 0) is 7.05 Å². The third-order valence-corrected chi connectivity index (χ3v) is 4.73. The molecule has 33 heavy (non-hydrogen) atoms. The van der Waals surface area contributed by atoms with Crippen LogP contribution in [0.4, 0.5) is 34.5 Å². The molecule has 0 spiro atoms. The summed E-state index contributed by atoms with van der Waals surface area (Å²) in [5, 5.41) is 24.2. The molecule has 0 aliphatic carbocycles. The number of nitro groups is 1. The van der Waals surface area contributed by atoms with Crippen molar-refractivity contribution in [1.82, 2.24) is 19.7 Å². The van der Waals surface area contributed by atoms with Crippen molar-refractivity contribution in [3.8, 4) is 0 Å². The molecule has 11 nitrogen and oxygen atoms in total. The van der Waals surface area contributed by atoms with Crippen molar-refractivity contribution in [3.63, 3.8) is 0 Å². The summed E-state index contributed by atoms with van der Waals surface area (Å²) in [5.74, 6) is -0.0829. The lowest BCUT2D eigenvalue weighted by molar-refractivity contribution is -0.384. The second kappa shape index (κ2) is 9.32. The number of carbonyl (C=O) groups excluding carboxylic acids is 1. The Kier molecular flexibility index (Phi) is 6.13. The summed E-state index contributed by atoms with van der Waals surface area (Å²) in [6, 6.07) is 12.7. The number of non-ortho nitro benzene ring substituents is 1. The van der Waals surface area contributed by atoms with Gasteiger partial charge in [-0.2, -0.15) is 10.1 Å². The van der Waals surface area contributed by atoms with E-state index in [1.807, 2.05) is 6.07 Å². The molecule has 4 rings (SSSR count). The minimum absolute atomic E-state index is 0.158. The smallest absolute Gasteiger partial charge is 0.271 e. The molecule has 4 aromatic rings. The van der Waals surface area contributed by atoms with Gasteiger partial charge in [0.25, 0.3) is 11.6 Å². The van der Waals surface area contributed by atoms with Crippen LogP contribution >= 0.6 is 11.6 Å². The predicted molar refractivity (Wildman–Crippen MR) is 124 cm³/mol. The van der Waals surface area contributed by atoms with E-state index in [9.17, 15) is 14.9 Å². The molecule has 12 heteroatoms. The van der Waals surface area contributed by atoms with Gasteiger partial charge in [-0.05, 0) is 18.2 Å². The Hall–Kier alpha value is -4.51. The molecule has 0 bridgehead atoms. The molecule has 2 aromatic heterocycles. The monoisotopic (exact) mass is 464 g/mol. The standard InChI is InChI=1S/C21H17ClN8O3/c1-29-12-14(10-24-29)26-21-23-11-17(22)19(28-21)27-18-9-15(30(32)33)7-8-16(18)20(31)25-13-5-3-2-4-6-13/h2-12H,1H3,(H,25,31)(H2,23,26,27,28). The highest BCUT2D eigenvalue weighted by Crippen LogP contribution is 2.30. The number of aryl methyl sites for hydroxylation is 1. The second-order valence-electron chi connectivity index (χ2n) is 6.85. The predicted octanol–water partition coefficient (Wildman–Crippen LogP) is 4.51. The average molecular weight is 465 g/mol. The highest BCUT2D eigenvalue weighted by atomic mass is 35.5. The molecule has 166 valence electrons. The van der Waals surface area contributed by atoms with E-state index in [1.165, 1.54) is 24.4 Å². The van der Waals surface area contributed by atoms with E-state index >= 15 is 0 Å². The van der Waals surface area contributed by atoms with Crippen LogP contribution in [0.1, 0.15) is 10.4 Å². The highest BCUT2D eigenvalue weighted by Gasteiger charge is 2.18. The maximum atomic E-state index is 12.9. The zero-order valence-electron chi connectivity index (χ0n) is 17.2. The Morgan fingerprint density at radius 3 is 2.58 bits per heavy atom. The zero-order valence-corrected chi connectivity index (χ0v) is 17.9. The third-order valence-electron chi connectivity index (χ3n) is 4.45. The van der Waals surface area contributed by atoms with Crippen molar-refractivity contribution in [2.45, 2.75) is 0 Å². The van der Waals surface area contributed by atoms with E-state index in [0.717, 1.165) is 0 Å². The maximum Gasteiger partial charge on any atom is 0.271 e. The normalized spacial score (nSPS) is 10.5. The van der Waals surface area contributed by atoms with Crippen LogP contribution in [0.3, 0.4) is 0 Å². The summed E-state index contributed by atoms with van der Waals surface area (Å²) in [6.45, 7) is 0. The number of carbonyl (C=O) groups is 1. The summed E-state index contributed by atoms with van der Waals surface area (Å²) in [7, 11) is 1.77. The minimum atomic E-state index is -0.555. The van der Waals surface area contributed by atoms with Gasteiger partial charge in [-0.15, -0.1) is 0 Å². The van der Waals surface area contributed by atoms with E-state index in [2.05, 4.69) is 31.0 Å². The number of hydrogen-bond donors (Lipinski definition) is 3. The van der Waals surface area contributed by atoms with Crippen molar-refractivity contribution in [1.29, 1.82) is 0 Å². The van der Waals surface area contributed by atoms with Crippen LogP contribution < -0.4 is 16.0 Å². The van der Waals surface area contributed by atoms with Gasteiger partial charge in [-0.1, -0.05) is 29.8 Å². The van der Waals surface area contributed by atoms with Crippen LogP contribution in [0.2, 0.25) is 5.02 Å². The molecule has 0 unspecified atom stereocenters. The van der Waals surface area contributed by atoms with Crippen molar-refractivity contribution in [2.24, 2.45) is 7.05 Å². The van der Waals surface area contributed by atoms with Gasteiger partial charge in [0.15, 0.2) is 5.82 Å². The molecule has 0 aliphatic heterocycles. The molecular formula is C21H17ClN8O3. The molecule has 0 saturated carbocycles. The molecule has 0 fully saturated rings. The van der Waals surface area contributed by atoms with Gasteiger partial charge < -0.3 is 16.0 Å². The van der Waals surface area contributed by atoms with Crippen molar-refractivity contribution >= 4 is 52.0 Å². The number of amides is 1. The highest BCUT2D eigenvalue weighted by molar-refractivity contribution is 6.33. The maximum absolute atomic E-state index is 12.9. The van der Waals surface area contributed by atoms with Crippen LogP contribution in [0.5, 0.6) is 0 Å². The zero-order chi connectivity index (χ0) is 23.4. The van der Waals surface area contributed by atoms with Gasteiger partial charge in [-0.3, -0.25) is 19.6 Å². The number of hydrogen-bond acceptors (Lipinski definition) is 8. The number of nitrogens with one attached hydrogen (secondary N) is 3. The number of aromatic nitrogens is 4. The van der Waals surface area contributed by atoms with Crippen LogP contribution in [0.25, 0.3) is 0 Å². The van der Waals surface area contributed by atoms with Crippen LogP contribution in [0, 0.1) is 10.1 Å². The van der Waals surface area contributed by atoms with E-state index in [4.69, 9.17) is 11.6 Å².